The Morgan fingerprint density at radius 3 is 2.75 bits per heavy atom. The third kappa shape index (κ3) is 3.44. The molecule has 0 spiro atoms. The summed E-state index contributed by atoms with van der Waals surface area (Å²) < 4.78 is 0. The van der Waals surface area contributed by atoms with Gasteiger partial charge in [-0.3, -0.25) is 4.79 Å². The summed E-state index contributed by atoms with van der Waals surface area (Å²) in [5, 5.41) is 12.2. The molecule has 5 nitrogen and oxygen atoms in total. The molecule has 0 bridgehead atoms. The lowest BCUT2D eigenvalue weighted by Crippen LogP contribution is -2.42. The average molecular weight is 282 g/mol. The number of nitrogens with one attached hydrogen (secondary N) is 1. The second-order valence-corrected chi connectivity index (χ2v) is 6.86. The number of urea groups is 1. The maximum absolute atomic E-state index is 12.1. The Morgan fingerprint density at radius 1 is 1.40 bits per heavy atom. The molecular formula is C15H26N2O3. The van der Waals surface area contributed by atoms with Crippen molar-refractivity contribution in [3.05, 3.63) is 0 Å². The van der Waals surface area contributed by atoms with Crippen LogP contribution in [0.15, 0.2) is 0 Å². The first-order chi connectivity index (χ1) is 9.40. The third-order valence-corrected chi connectivity index (χ3v) is 4.86. The summed E-state index contributed by atoms with van der Waals surface area (Å²) in [5.41, 5.74) is -0.781. The number of carboxylic acids is 1. The number of hydrogen-bond acceptors (Lipinski definition) is 2. The Balaban J connectivity index is 1.77. The number of rotatable bonds is 3. The van der Waals surface area contributed by atoms with Crippen LogP contribution in [0, 0.1) is 17.3 Å². The minimum absolute atomic E-state index is 0.104. The van der Waals surface area contributed by atoms with E-state index in [0.717, 1.165) is 12.5 Å². The van der Waals surface area contributed by atoms with Crippen molar-refractivity contribution in [3.8, 4) is 0 Å². The molecule has 2 amide bonds. The molecule has 0 radical (unpaired) electrons. The SMILES string of the molecule is CC1CCCC(CNC(=O)N2CCC(C)(C(=O)O)C2)C1. The molecule has 0 aromatic carbocycles. The lowest BCUT2D eigenvalue weighted by atomic mass is 9.82. The first-order valence-electron chi connectivity index (χ1n) is 7.67. The lowest BCUT2D eigenvalue weighted by Gasteiger charge is -2.28. The molecule has 1 saturated heterocycles. The Kier molecular flexibility index (Phi) is 4.55. The molecule has 2 fully saturated rings. The molecule has 0 aromatic rings. The molecule has 3 unspecified atom stereocenters. The van der Waals surface area contributed by atoms with E-state index in [4.69, 9.17) is 0 Å². The minimum Gasteiger partial charge on any atom is -0.481 e. The molecule has 20 heavy (non-hydrogen) atoms. The van der Waals surface area contributed by atoms with E-state index >= 15 is 0 Å². The zero-order valence-corrected chi connectivity index (χ0v) is 12.5. The van der Waals surface area contributed by atoms with Crippen molar-refractivity contribution >= 4 is 12.0 Å². The molecule has 3 atom stereocenters. The molecule has 2 aliphatic rings. The number of carbonyl (C=O) groups is 2. The van der Waals surface area contributed by atoms with E-state index in [1.165, 1.54) is 25.7 Å². The van der Waals surface area contributed by atoms with Crippen LogP contribution < -0.4 is 5.32 Å². The van der Waals surface area contributed by atoms with Gasteiger partial charge in [0, 0.05) is 19.6 Å². The largest absolute Gasteiger partial charge is 0.481 e. The van der Waals surface area contributed by atoms with Gasteiger partial charge in [-0.05, 0) is 38.0 Å². The predicted molar refractivity (Wildman–Crippen MR) is 76.5 cm³/mol. The standard InChI is InChI=1S/C15H26N2O3/c1-11-4-3-5-12(8-11)9-16-14(20)17-7-6-15(2,10-17)13(18)19/h11-12H,3-10H2,1-2H3,(H,16,20)(H,18,19). The van der Waals surface area contributed by atoms with Gasteiger partial charge >= 0.3 is 12.0 Å². The van der Waals surface area contributed by atoms with Crippen molar-refractivity contribution in [2.75, 3.05) is 19.6 Å². The third-order valence-electron chi connectivity index (χ3n) is 4.86. The van der Waals surface area contributed by atoms with E-state index in [9.17, 15) is 14.7 Å². The summed E-state index contributed by atoms with van der Waals surface area (Å²) in [6.07, 6.45) is 5.47. The fourth-order valence-electron chi connectivity index (χ4n) is 3.40. The summed E-state index contributed by atoms with van der Waals surface area (Å²) >= 11 is 0. The second kappa shape index (κ2) is 6.02. The van der Waals surface area contributed by atoms with Gasteiger partial charge in [-0.1, -0.05) is 19.8 Å². The van der Waals surface area contributed by atoms with Gasteiger partial charge in [0.15, 0.2) is 0 Å². The van der Waals surface area contributed by atoms with Crippen LogP contribution in [0.3, 0.4) is 0 Å². The molecule has 0 aromatic heterocycles. The number of carboxylic acid groups (broad SMARTS) is 1. The maximum Gasteiger partial charge on any atom is 0.317 e. The van der Waals surface area contributed by atoms with E-state index in [0.29, 0.717) is 25.4 Å². The van der Waals surface area contributed by atoms with Crippen molar-refractivity contribution in [2.45, 2.75) is 46.0 Å². The van der Waals surface area contributed by atoms with Crippen LogP contribution in [0.2, 0.25) is 0 Å². The monoisotopic (exact) mass is 282 g/mol. The Bertz CT molecular complexity index is 385. The number of hydrogen-bond donors (Lipinski definition) is 2. The molecular weight excluding hydrogens is 256 g/mol. The molecule has 2 N–H and O–H groups in total. The Morgan fingerprint density at radius 2 is 2.15 bits per heavy atom. The highest BCUT2D eigenvalue weighted by Gasteiger charge is 2.42. The number of nitrogens with zero attached hydrogens (tertiary/aromatic N) is 1. The van der Waals surface area contributed by atoms with Crippen LogP contribution in [0.25, 0.3) is 0 Å². The highest BCUT2D eigenvalue weighted by atomic mass is 16.4. The summed E-state index contributed by atoms with van der Waals surface area (Å²) in [4.78, 5) is 24.9. The van der Waals surface area contributed by atoms with Crippen molar-refractivity contribution in [2.24, 2.45) is 17.3 Å². The number of likely N-dealkylation sites (tertiary alicyclic amines) is 1. The summed E-state index contributed by atoms with van der Waals surface area (Å²) in [6.45, 7) is 5.56. The lowest BCUT2D eigenvalue weighted by molar-refractivity contribution is -0.146. The average Bonchev–Trinajstić information content (AvgIpc) is 2.80. The quantitative estimate of drug-likeness (QED) is 0.834. The number of carbonyl (C=O) groups excluding carboxylic acids is 1. The smallest absolute Gasteiger partial charge is 0.317 e. The number of aliphatic carboxylic acids is 1. The molecule has 1 aliphatic heterocycles. The molecule has 5 heteroatoms. The normalized spacial score (nSPS) is 34.0. The summed E-state index contributed by atoms with van der Waals surface area (Å²) in [7, 11) is 0. The van der Waals surface area contributed by atoms with Gasteiger partial charge in [-0.25, -0.2) is 4.79 Å². The van der Waals surface area contributed by atoms with E-state index in [1.807, 2.05) is 0 Å². The van der Waals surface area contributed by atoms with Crippen LogP contribution in [-0.2, 0) is 4.79 Å². The Hall–Kier alpha value is -1.26. The summed E-state index contributed by atoms with van der Waals surface area (Å²) in [6, 6.07) is -0.104. The van der Waals surface area contributed by atoms with Crippen LogP contribution in [0.4, 0.5) is 4.79 Å². The molecule has 1 heterocycles. The van der Waals surface area contributed by atoms with E-state index < -0.39 is 11.4 Å². The van der Waals surface area contributed by atoms with Gasteiger partial charge < -0.3 is 15.3 Å². The van der Waals surface area contributed by atoms with Gasteiger partial charge in [-0.15, -0.1) is 0 Å². The first-order valence-corrected chi connectivity index (χ1v) is 7.67. The number of amides is 2. The molecule has 1 saturated carbocycles. The molecule has 2 rings (SSSR count). The van der Waals surface area contributed by atoms with Crippen molar-refractivity contribution in [1.82, 2.24) is 10.2 Å². The van der Waals surface area contributed by atoms with Gasteiger partial charge in [-0.2, -0.15) is 0 Å². The van der Waals surface area contributed by atoms with Crippen molar-refractivity contribution < 1.29 is 14.7 Å². The van der Waals surface area contributed by atoms with Gasteiger partial charge in [0.05, 0.1) is 5.41 Å². The van der Waals surface area contributed by atoms with Gasteiger partial charge in [0.25, 0.3) is 0 Å². The van der Waals surface area contributed by atoms with Gasteiger partial charge in [0.2, 0.25) is 0 Å². The zero-order chi connectivity index (χ0) is 14.8. The zero-order valence-electron chi connectivity index (χ0n) is 12.5. The highest BCUT2D eigenvalue weighted by Crippen LogP contribution is 2.30. The van der Waals surface area contributed by atoms with Crippen LogP contribution in [0.5, 0.6) is 0 Å². The van der Waals surface area contributed by atoms with E-state index in [1.54, 1.807) is 11.8 Å². The van der Waals surface area contributed by atoms with Crippen LogP contribution in [0.1, 0.15) is 46.0 Å². The fraction of sp³-hybridized carbons (Fsp3) is 0.867. The van der Waals surface area contributed by atoms with Crippen LogP contribution >= 0.6 is 0 Å². The predicted octanol–water partition coefficient (Wildman–Crippen LogP) is 2.32. The van der Waals surface area contributed by atoms with E-state index in [2.05, 4.69) is 12.2 Å². The second-order valence-electron chi connectivity index (χ2n) is 6.86. The highest BCUT2D eigenvalue weighted by molar-refractivity contribution is 5.79. The van der Waals surface area contributed by atoms with Gasteiger partial charge in [0.1, 0.15) is 0 Å². The van der Waals surface area contributed by atoms with E-state index in [-0.39, 0.29) is 6.03 Å². The van der Waals surface area contributed by atoms with Crippen molar-refractivity contribution in [3.63, 3.8) is 0 Å². The molecule has 114 valence electrons. The van der Waals surface area contributed by atoms with Crippen molar-refractivity contribution in [1.29, 1.82) is 0 Å². The van der Waals surface area contributed by atoms with Crippen LogP contribution in [-0.4, -0.2) is 41.6 Å². The maximum atomic E-state index is 12.1. The first kappa shape index (κ1) is 15.1. The molecule has 1 aliphatic carbocycles. The topological polar surface area (TPSA) is 69.6 Å². The minimum atomic E-state index is -0.811. The fourth-order valence-corrected chi connectivity index (χ4v) is 3.40. The summed E-state index contributed by atoms with van der Waals surface area (Å²) in [5.74, 6) is 0.526. The Labute approximate surface area is 120 Å².